The van der Waals surface area contributed by atoms with Crippen molar-refractivity contribution >= 4 is 0 Å². The molecule has 1 N–H and O–H groups in total. The first kappa shape index (κ1) is 12.2. The Morgan fingerprint density at radius 2 is 1.87 bits per heavy atom. The molecule has 0 aromatic heterocycles. The van der Waals surface area contributed by atoms with Crippen molar-refractivity contribution in [2.24, 2.45) is 0 Å². The van der Waals surface area contributed by atoms with E-state index >= 15 is 0 Å². The third-order valence-corrected chi connectivity index (χ3v) is 2.05. The molecule has 0 aliphatic carbocycles. The van der Waals surface area contributed by atoms with Gasteiger partial charge in [-0.1, -0.05) is 30.3 Å². The van der Waals surface area contributed by atoms with Crippen molar-refractivity contribution < 1.29 is 14.9 Å². The fourth-order valence-electron chi connectivity index (χ4n) is 1.17. The minimum Gasteiger partial charge on any atom is -0.391 e. The number of rotatable bonds is 5. The quantitative estimate of drug-likeness (QED) is 0.598. The lowest BCUT2D eigenvalue weighted by Crippen LogP contribution is -2.24. The average Bonchev–Trinajstić information content (AvgIpc) is 2.18. The molecule has 0 amide bonds. The Hall–Kier alpha value is -0.900. The molecule has 0 aliphatic heterocycles. The highest BCUT2D eigenvalue weighted by atomic mass is 17.2. The van der Waals surface area contributed by atoms with Crippen LogP contribution < -0.4 is 0 Å². The lowest BCUT2D eigenvalue weighted by Gasteiger charge is -2.24. The van der Waals surface area contributed by atoms with Crippen molar-refractivity contribution in [2.75, 3.05) is 6.61 Å². The van der Waals surface area contributed by atoms with Crippen LogP contribution in [0.25, 0.3) is 0 Å². The Balaban J connectivity index is 2.52. The van der Waals surface area contributed by atoms with Gasteiger partial charge in [-0.3, -0.25) is 0 Å². The van der Waals surface area contributed by atoms with Gasteiger partial charge in [0.2, 0.25) is 0 Å². The van der Waals surface area contributed by atoms with E-state index < -0.39 is 11.7 Å². The fraction of sp³-hybridized carbons (Fsp3) is 0.500. The van der Waals surface area contributed by atoms with Gasteiger partial charge in [-0.05, 0) is 26.3 Å². The molecular formula is C12H18O3. The predicted molar refractivity (Wildman–Crippen MR) is 58.2 cm³/mol. The second-order valence-electron chi connectivity index (χ2n) is 4.09. The second kappa shape index (κ2) is 5.26. The van der Waals surface area contributed by atoms with Gasteiger partial charge in [-0.25, -0.2) is 9.78 Å². The summed E-state index contributed by atoms with van der Waals surface area (Å²) in [5.41, 5.74) is 0.534. The second-order valence-corrected chi connectivity index (χ2v) is 4.09. The lowest BCUT2D eigenvalue weighted by atomic mass is 9.99. The zero-order valence-electron chi connectivity index (χ0n) is 9.43. The largest absolute Gasteiger partial charge is 0.391 e. The smallest absolute Gasteiger partial charge is 0.123 e. The molecule has 3 nitrogen and oxygen atoms in total. The Labute approximate surface area is 90.6 Å². The molecule has 0 radical (unpaired) electrons. The number of aliphatic hydroxyl groups excluding tert-OH is 1. The molecule has 1 rings (SSSR count). The predicted octanol–water partition coefficient (Wildman–Crippen LogP) is 2.25. The maximum Gasteiger partial charge on any atom is 0.123 e. The van der Waals surface area contributed by atoms with Crippen LogP contribution in [0.15, 0.2) is 30.3 Å². The van der Waals surface area contributed by atoms with Crippen LogP contribution in [-0.4, -0.2) is 17.8 Å². The molecular weight excluding hydrogens is 192 g/mol. The standard InChI is InChI=1S/C12H18O3/c1-10(13)9-14-15-12(2,3)11-7-5-4-6-8-11/h4-8,10,13H,9H2,1-3H3. The van der Waals surface area contributed by atoms with Gasteiger partial charge < -0.3 is 5.11 Å². The van der Waals surface area contributed by atoms with Crippen LogP contribution in [0, 0.1) is 0 Å². The van der Waals surface area contributed by atoms with Crippen molar-refractivity contribution in [3.05, 3.63) is 35.9 Å². The average molecular weight is 210 g/mol. The van der Waals surface area contributed by atoms with E-state index in [2.05, 4.69) is 0 Å². The van der Waals surface area contributed by atoms with E-state index in [9.17, 15) is 0 Å². The van der Waals surface area contributed by atoms with Gasteiger partial charge in [0.15, 0.2) is 0 Å². The summed E-state index contributed by atoms with van der Waals surface area (Å²) in [5.74, 6) is 0. The van der Waals surface area contributed by atoms with E-state index in [1.54, 1.807) is 6.92 Å². The number of hydrogen-bond acceptors (Lipinski definition) is 3. The zero-order chi connectivity index (χ0) is 11.3. The number of aliphatic hydroxyl groups is 1. The van der Waals surface area contributed by atoms with E-state index in [1.165, 1.54) is 0 Å². The van der Waals surface area contributed by atoms with Crippen LogP contribution in [0.3, 0.4) is 0 Å². The molecule has 15 heavy (non-hydrogen) atoms. The molecule has 0 saturated heterocycles. The van der Waals surface area contributed by atoms with Gasteiger partial charge in [0.05, 0.1) is 6.10 Å². The summed E-state index contributed by atoms with van der Waals surface area (Å²) in [6, 6.07) is 9.82. The van der Waals surface area contributed by atoms with Crippen LogP contribution in [0.5, 0.6) is 0 Å². The zero-order valence-corrected chi connectivity index (χ0v) is 9.43. The summed E-state index contributed by atoms with van der Waals surface area (Å²) in [5, 5.41) is 9.01. The summed E-state index contributed by atoms with van der Waals surface area (Å²) in [7, 11) is 0. The molecule has 1 unspecified atom stereocenters. The van der Waals surface area contributed by atoms with Crippen molar-refractivity contribution in [2.45, 2.75) is 32.5 Å². The van der Waals surface area contributed by atoms with Crippen LogP contribution in [0.2, 0.25) is 0 Å². The third kappa shape index (κ3) is 4.00. The summed E-state index contributed by atoms with van der Waals surface area (Å²) in [6.45, 7) is 5.67. The molecule has 0 bridgehead atoms. The Morgan fingerprint density at radius 1 is 1.27 bits per heavy atom. The number of benzene rings is 1. The van der Waals surface area contributed by atoms with Crippen molar-refractivity contribution in [1.29, 1.82) is 0 Å². The topological polar surface area (TPSA) is 38.7 Å². The van der Waals surface area contributed by atoms with Crippen LogP contribution >= 0.6 is 0 Å². The highest BCUT2D eigenvalue weighted by Gasteiger charge is 2.22. The van der Waals surface area contributed by atoms with Crippen LogP contribution in [0.1, 0.15) is 26.3 Å². The summed E-state index contributed by atoms with van der Waals surface area (Å²) < 4.78 is 0. The van der Waals surface area contributed by atoms with E-state index in [-0.39, 0.29) is 6.61 Å². The van der Waals surface area contributed by atoms with Gasteiger partial charge in [0, 0.05) is 0 Å². The summed E-state index contributed by atoms with van der Waals surface area (Å²) >= 11 is 0. The maximum atomic E-state index is 9.01. The molecule has 3 heteroatoms. The van der Waals surface area contributed by atoms with Crippen LogP contribution in [0.4, 0.5) is 0 Å². The van der Waals surface area contributed by atoms with E-state index in [4.69, 9.17) is 14.9 Å². The summed E-state index contributed by atoms with van der Waals surface area (Å²) in [6.07, 6.45) is -0.517. The van der Waals surface area contributed by atoms with E-state index in [0.29, 0.717) is 0 Å². The number of hydrogen-bond donors (Lipinski definition) is 1. The molecule has 0 saturated carbocycles. The molecule has 1 aromatic carbocycles. The van der Waals surface area contributed by atoms with E-state index in [1.807, 2.05) is 44.2 Å². The first-order valence-electron chi connectivity index (χ1n) is 5.06. The molecule has 1 atom stereocenters. The Bertz CT molecular complexity index is 280. The molecule has 84 valence electrons. The minimum absolute atomic E-state index is 0.177. The van der Waals surface area contributed by atoms with Gasteiger partial charge >= 0.3 is 0 Å². The summed E-state index contributed by atoms with van der Waals surface area (Å²) in [4.78, 5) is 10.2. The monoisotopic (exact) mass is 210 g/mol. The van der Waals surface area contributed by atoms with E-state index in [0.717, 1.165) is 5.56 Å². The highest BCUT2D eigenvalue weighted by Crippen LogP contribution is 2.24. The van der Waals surface area contributed by atoms with Gasteiger partial charge in [0.1, 0.15) is 12.2 Å². The fourth-order valence-corrected chi connectivity index (χ4v) is 1.17. The first-order valence-corrected chi connectivity index (χ1v) is 5.06. The molecule has 0 heterocycles. The highest BCUT2D eigenvalue weighted by molar-refractivity contribution is 5.20. The SMILES string of the molecule is CC(O)COOC(C)(C)c1ccccc1. The molecule has 0 fully saturated rings. The maximum absolute atomic E-state index is 9.01. The van der Waals surface area contributed by atoms with Crippen molar-refractivity contribution in [3.8, 4) is 0 Å². The van der Waals surface area contributed by atoms with Gasteiger partial charge in [-0.15, -0.1) is 0 Å². The Kier molecular flexibility index (Phi) is 4.27. The van der Waals surface area contributed by atoms with Gasteiger partial charge in [0.25, 0.3) is 0 Å². The van der Waals surface area contributed by atoms with Crippen molar-refractivity contribution in [1.82, 2.24) is 0 Å². The first-order chi connectivity index (χ1) is 7.02. The normalized spacial score (nSPS) is 13.9. The Morgan fingerprint density at radius 3 is 2.40 bits per heavy atom. The third-order valence-electron chi connectivity index (χ3n) is 2.05. The van der Waals surface area contributed by atoms with Crippen LogP contribution in [-0.2, 0) is 15.4 Å². The lowest BCUT2D eigenvalue weighted by molar-refractivity contribution is -0.364. The van der Waals surface area contributed by atoms with Crippen molar-refractivity contribution in [3.63, 3.8) is 0 Å². The molecule has 0 spiro atoms. The minimum atomic E-state index is -0.517. The molecule has 1 aromatic rings. The molecule has 0 aliphatic rings. The van der Waals surface area contributed by atoms with Gasteiger partial charge in [-0.2, -0.15) is 0 Å².